The molecule has 4 rings (SSSR count). The summed E-state index contributed by atoms with van der Waals surface area (Å²) in [6, 6.07) is 9.04. The van der Waals surface area contributed by atoms with E-state index in [1.54, 1.807) is 22.9 Å². The molecule has 0 radical (unpaired) electrons. The van der Waals surface area contributed by atoms with Crippen LogP contribution in [0.2, 0.25) is 0 Å². The highest BCUT2D eigenvalue weighted by atomic mass is 16.5. The predicted octanol–water partition coefficient (Wildman–Crippen LogP) is 3.83. The zero-order valence-electron chi connectivity index (χ0n) is 19.3. The summed E-state index contributed by atoms with van der Waals surface area (Å²) in [4.78, 5) is 17.1. The minimum atomic E-state index is -0.192. The van der Waals surface area contributed by atoms with Gasteiger partial charge in [0.15, 0.2) is 5.82 Å². The zero-order chi connectivity index (χ0) is 23.7. The number of carbonyl (C=O) groups excluding carboxylic acids is 1. The number of amides is 1. The van der Waals surface area contributed by atoms with Crippen LogP contribution in [0.5, 0.6) is 5.75 Å². The average Bonchev–Trinajstić information content (AvgIpc) is 3.56. The number of benzene rings is 2. The summed E-state index contributed by atoms with van der Waals surface area (Å²) in [6.45, 7) is 3.82. The van der Waals surface area contributed by atoms with Crippen LogP contribution in [0.15, 0.2) is 30.3 Å². The molecule has 0 unspecified atom stereocenters. The molecule has 9 heteroatoms. The Hall–Kier alpha value is -3.88. The molecular weight excluding hydrogens is 418 g/mol. The van der Waals surface area contributed by atoms with Gasteiger partial charge in [0.25, 0.3) is 5.91 Å². The Labute approximate surface area is 192 Å². The first-order chi connectivity index (χ1) is 15.8. The summed E-state index contributed by atoms with van der Waals surface area (Å²) in [5.41, 5.74) is 10.6. The molecule has 172 valence electrons. The van der Waals surface area contributed by atoms with Crippen LogP contribution in [0.4, 0.5) is 17.3 Å². The molecule has 0 spiro atoms. The number of carbonyl (C=O) groups is 1. The minimum absolute atomic E-state index is 0.0232. The maximum absolute atomic E-state index is 12.5. The third-order valence-electron chi connectivity index (χ3n) is 5.58. The van der Waals surface area contributed by atoms with Gasteiger partial charge in [0.05, 0.1) is 12.7 Å². The Balaban J connectivity index is 1.65. The lowest BCUT2D eigenvalue weighted by Crippen LogP contribution is -2.30. The minimum Gasteiger partial charge on any atom is -0.496 e. The van der Waals surface area contributed by atoms with Gasteiger partial charge in [-0.3, -0.25) is 4.79 Å². The molecule has 0 atom stereocenters. The number of nitrogens with two attached hydrogens (primary N) is 1. The van der Waals surface area contributed by atoms with E-state index < -0.39 is 0 Å². The van der Waals surface area contributed by atoms with E-state index in [9.17, 15) is 4.79 Å². The fraction of sp³-hybridized carbons (Fsp3) is 0.333. The van der Waals surface area contributed by atoms with Crippen LogP contribution in [-0.2, 0) is 7.05 Å². The molecule has 33 heavy (non-hydrogen) atoms. The van der Waals surface area contributed by atoms with Crippen molar-refractivity contribution in [2.75, 3.05) is 18.2 Å². The zero-order valence-corrected chi connectivity index (χ0v) is 19.3. The fourth-order valence-corrected chi connectivity index (χ4v) is 3.83. The molecule has 3 aromatic rings. The number of hydrogen-bond acceptors (Lipinski definition) is 7. The van der Waals surface area contributed by atoms with Crippen LogP contribution in [0, 0.1) is 5.41 Å². The van der Waals surface area contributed by atoms with Gasteiger partial charge in [-0.1, -0.05) is 6.07 Å². The molecule has 9 nitrogen and oxygen atoms in total. The van der Waals surface area contributed by atoms with Gasteiger partial charge < -0.3 is 26.5 Å². The number of nitrogens with zero attached hydrogens (tertiary/aromatic N) is 3. The van der Waals surface area contributed by atoms with Crippen LogP contribution in [0.25, 0.3) is 11.4 Å². The highest BCUT2D eigenvalue weighted by molar-refractivity contribution is 5.97. The summed E-state index contributed by atoms with van der Waals surface area (Å²) in [5.74, 6) is 1.73. The SMILES string of the molecule is COc1cc(-c2nc(Nc3ccc(N)c(C=N)c3C3CC3)n(C)n2)ccc1C(=O)NC(C)C. The Bertz CT molecular complexity index is 1210. The smallest absolute Gasteiger partial charge is 0.255 e. The van der Waals surface area contributed by atoms with Crippen LogP contribution >= 0.6 is 0 Å². The quantitative estimate of drug-likeness (QED) is 0.307. The van der Waals surface area contributed by atoms with Crippen molar-refractivity contribution >= 4 is 29.4 Å². The van der Waals surface area contributed by atoms with Gasteiger partial charge in [0.1, 0.15) is 5.75 Å². The molecule has 0 bridgehead atoms. The maximum Gasteiger partial charge on any atom is 0.255 e. The molecule has 1 fully saturated rings. The molecule has 1 heterocycles. The lowest BCUT2D eigenvalue weighted by atomic mass is 10.00. The third kappa shape index (κ3) is 4.52. The van der Waals surface area contributed by atoms with Gasteiger partial charge in [0.2, 0.25) is 5.95 Å². The van der Waals surface area contributed by atoms with Crippen LogP contribution in [0.1, 0.15) is 54.1 Å². The number of aromatic nitrogens is 3. The van der Waals surface area contributed by atoms with E-state index in [0.29, 0.717) is 34.7 Å². The standard InChI is InChI=1S/C24H29N7O2/c1-13(2)27-23(32)16-8-7-15(11-20(16)33-4)22-29-24(31(3)30-22)28-19-10-9-18(26)17(12-25)21(19)14-5-6-14/h7-14,25H,5-6,26H2,1-4H3,(H,27,32)(H,28,29,30). The molecule has 0 saturated heterocycles. The monoisotopic (exact) mass is 447 g/mol. The second-order valence-corrected chi connectivity index (χ2v) is 8.50. The van der Waals surface area contributed by atoms with Gasteiger partial charge in [-0.2, -0.15) is 4.98 Å². The molecular formula is C24H29N7O2. The Morgan fingerprint density at radius 3 is 2.70 bits per heavy atom. The molecule has 1 aliphatic carbocycles. The third-order valence-corrected chi connectivity index (χ3v) is 5.58. The van der Waals surface area contributed by atoms with E-state index in [-0.39, 0.29) is 11.9 Å². The number of aryl methyl sites for hydroxylation is 1. The largest absolute Gasteiger partial charge is 0.496 e. The van der Waals surface area contributed by atoms with E-state index in [1.165, 1.54) is 13.3 Å². The first-order valence-corrected chi connectivity index (χ1v) is 10.9. The van der Waals surface area contributed by atoms with Crippen LogP contribution in [0.3, 0.4) is 0 Å². The highest BCUT2D eigenvalue weighted by Gasteiger charge is 2.29. The van der Waals surface area contributed by atoms with Crippen molar-refractivity contribution in [3.63, 3.8) is 0 Å². The maximum atomic E-state index is 12.5. The Morgan fingerprint density at radius 2 is 2.06 bits per heavy atom. The highest BCUT2D eigenvalue weighted by Crippen LogP contribution is 2.46. The van der Waals surface area contributed by atoms with Gasteiger partial charge >= 0.3 is 0 Å². The second-order valence-electron chi connectivity index (χ2n) is 8.50. The lowest BCUT2D eigenvalue weighted by molar-refractivity contribution is 0.0940. The molecule has 1 saturated carbocycles. The molecule has 0 aliphatic heterocycles. The number of anilines is 3. The first-order valence-electron chi connectivity index (χ1n) is 10.9. The predicted molar refractivity (Wildman–Crippen MR) is 130 cm³/mol. The summed E-state index contributed by atoms with van der Waals surface area (Å²) < 4.78 is 7.12. The van der Waals surface area contributed by atoms with Crippen molar-refractivity contribution in [1.82, 2.24) is 20.1 Å². The molecule has 1 aliphatic rings. The topological polar surface area (TPSA) is 131 Å². The van der Waals surface area contributed by atoms with Gasteiger partial charge in [-0.05, 0) is 62.4 Å². The Morgan fingerprint density at radius 1 is 1.30 bits per heavy atom. The van der Waals surface area contributed by atoms with Gasteiger partial charge in [0, 0.05) is 41.8 Å². The van der Waals surface area contributed by atoms with Crippen molar-refractivity contribution in [2.45, 2.75) is 38.6 Å². The van der Waals surface area contributed by atoms with Crippen molar-refractivity contribution < 1.29 is 9.53 Å². The number of hydrogen-bond donors (Lipinski definition) is 4. The number of rotatable bonds is 8. The van der Waals surface area contributed by atoms with Crippen LogP contribution < -0.4 is 21.1 Å². The Kier molecular flexibility index (Phi) is 6.04. The van der Waals surface area contributed by atoms with Crippen molar-refractivity contribution in [2.24, 2.45) is 7.05 Å². The first kappa shape index (κ1) is 22.3. The fourth-order valence-electron chi connectivity index (χ4n) is 3.83. The van der Waals surface area contributed by atoms with E-state index in [0.717, 1.165) is 35.2 Å². The number of nitrogen functional groups attached to an aromatic ring is 1. The molecule has 5 N–H and O–H groups in total. The van der Waals surface area contributed by atoms with E-state index in [2.05, 4.69) is 20.7 Å². The van der Waals surface area contributed by atoms with Crippen molar-refractivity contribution in [3.05, 3.63) is 47.0 Å². The summed E-state index contributed by atoms with van der Waals surface area (Å²) in [5, 5.41) is 18.6. The second kappa shape index (κ2) is 8.93. The molecule has 1 aromatic heterocycles. The average molecular weight is 448 g/mol. The normalized spacial score (nSPS) is 13.1. The summed E-state index contributed by atoms with van der Waals surface area (Å²) >= 11 is 0. The number of ether oxygens (including phenoxy) is 1. The molecule has 1 amide bonds. The van der Waals surface area contributed by atoms with Crippen LogP contribution in [-0.4, -0.2) is 40.0 Å². The van der Waals surface area contributed by atoms with Crippen molar-refractivity contribution in [1.29, 1.82) is 5.41 Å². The van der Waals surface area contributed by atoms with Gasteiger partial charge in [-0.15, -0.1) is 5.10 Å². The van der Waals surface area contributed by atoms with E-state index >= 15 is 0 Å². The molecule has 2 aromatic carbocycles. The van der Waals surface area contributed by atoms with E-state index in [4.69, 9.17) is 15.9 Å². The van der Waals surface area contributed by atoms with E-state index in [1.807, 2.05) is 33.0 Å². The lowest BCUT2D eigenvalue weighted by Gasteiger charge is -2.15. The van der Waals surface area contributed by atoms with Crippen molar-refractivity contribution in [3.8, 4) is 17.1 Å². The summed E-state index contributed by atoms with van der Waals surface area (Å²) in [7, 11) is 3.34. The summed E-state index contributed by atoms with van der Waals surface area (Å²) in [6.07, 6.45) is 3.48. The number of nitrogens with one attached hydrogen (secondary N) is 3. The number of methoxy groups -OCH3 is 1. The van der Waals surface area contributed by atoms with Gasteiger partial charge in [-0.25, -0.2) is 4.68 Å².